The minimum absolute atomic E-state index is 0.0283. The zero-order valence-corrected chi connectivity index (χ0v) is 13.2. The minimum Gasteiger partial charge on any atom is -0.433 e. The summed E-state index contributed by atoms with van der Waals surface area (Å²) in [7, 11) is 0. The van der Waals surface area contributed by atoms with Crippen LogP contribution in [-0.4, -0.2) is 27.1 Å². The number of nitrogens with zero attached hydrogens (tertiary/aromatic N) is 3. The van der Waals surface area contributed by atoms with Gasteiger partial charge in [-0.3, -0.25) is 4.79 Å². The van der Waals surface area contributed by atoms with Crippen LogP contribution in [0.25, 0.3) is 5.65 Å². The summed E-state index contributed by atoms with van der Waals surface area (Å²) in [4.78, 5) is 16.3. The number of benzene rings is 1. The van der Waals surface area contributed by atoms with Gasteiger partial charge < -0.3 is 10.1 Å². The molecule has 1 amide bonds. The SMILES string of the molecule is O=C(Nc1ccc(OC(F)F)c(Cl)c1)c1nn2cccnc2c1Cl. The van der Waals surface area contributed by atoms with E-state index < -0.39 is 12.5 Å². The summed E-state index contributed by atoms with van der Waals surface area (Å²) in [6.45, 7) is -2.99. The first-order valence-corrected chi connectivity index (χ1v) is 7.26. The van der Waals surface area contributed by atoms with Crippen LogP contribution in [0.3, 0.4) is 0 Å². The summed E-state index contributed by atoms with van der Waals surface area (Å²) in [5.74, 6) is -0.788. The van der Waals surface area contributed by atoms with Crippen molar-refractivity contribution in [2.24, 2.45) is 0 Å². The van der Waals surface area contributed by atoms with Gasteiger partial charge in [0.25, 0.3) is 5.91 Å². The average Bonchev–Trinajstić information content (AvgIpc) is 2.87. The Kier molecular flexibility index (Phi) is 4.50. The molecule has 6 nitrogen and oxygen atoms in total. The van der Waals surface area contributed by atoms with Crippen molar-refractivity contribution < 1.29 is 18.3 Å². The number of amides is 1. The lowest BCUT2D eigenvalue weighted by Gasteiger charge is -2.09. The first-order chi connectivity index (χ1) is 11.5. The number of alkyl halides is 2. The van der Waals surface area contributed by atoms with Crippen molar-refractivity contribution in [2.45, 2.75) is 6.61 Å². The predicted octanol–water partition coefficient (Wildman–Crippen LogP) is 3.89. The van der Waals surface area contributed by atoms with Gasteiger partial charge in [-0.05, 0) is 24.3 Å². The number of fused-ring (bicyclic) bond motifs is 1. The van der Waals surface area contributed by atoms with Gasteiger partial charge in [0.1, 0.15) is 10.8 Å². The normalized spacial score (nSPS) is 11.0. The Labute approximate surface area is 144 Å². The highest BCUT2D eigenvalue weighted by Gasteiger charge is 2.19. The molecule has 124 valence electrons. The van der Waals surface area contributed by atoms with Gasteiger partial charge in [0.05, 0.1) is 5.02 Å². The summed E-state index contributed by atoms with van der Waals surface area (Å²) in [5.41, 5.74) is 0.579. The standard InChI is InChI=1S/C14H8Cl2F2N4O2/c15-8-6-7(2-3-9(8)24-14(17)18)20-13(23)11-10(16)12-19-4-1-5-22(12)21-11/h1-6,14H,(H,20,23). The van der Waals surface area contributed by atoms with Gasteiger partial charge in [-0.15, -0.1) is 0 Å². The van der Waals surface area contributed by atoms with Gasteiger partial charge in [-0.2, -0.15) is 13.9 Å². The van der Waals surface area contributed by atoms with E-state index in [0.29, 0.717) is 5.65 Å². The van der Waals surface area contributed by atoms with Crippen molar-refractivity contribution in [2.75, 3.05) is 5.32 Å². The molecule has 0 aliphatic carbocycles. The van der Waals surface area contributed by atoms with Crippen LogP contribution < -0.4 is 10.1 Å². The van der Waals surface area contributed by atoms with Crippen molar-refractivity contribution in [1.82, 2.24) is 14.6 Å². The number of nitrogens with one attached hydrogen (secondary N) is 1. The van der Waals surface area contributed by atoms with E-state index in [-0.39, 0.29) is 27.2 Å². The number of carbonyl (C=O) groups excluding carboxylic acids is 1. The van der Waals surface area contributed by atoms with E-state index in [2.05, 4.69) is 20.1 Å². The molecule has 1 aromatic carbocycles. The van der Waals surface area contributed by atoms with Crippen LogP contribution in [-0.2, 0) is 0 Å². The fraction of sp³-hybridized carbons (Fsp3) is 0.0714. The van der Waals surface area contributed by atoms with Gasteiger partial charge in [-0.1, -0.05) is 23.2 Å². The topological polar surface area (TPSA) is 68.5 Å². The fourth-order valence-electron chi connectivity index (χ4n) is 1.96. The smallest absolute Gasteiger partial charge is 0.387 e. The van der Waals surface area contributed by atoms with Crippen LogP contribution in [0.1, 0.15) is 10.5 Å². The summed E-state index contributed by atoms with van der Waals surface area (Å²) in [5, 5.41) is 6.59. The average molecular weight is 373 g/mol. The highest BCUT2D eigenvalue weighted by atomic mass is 35.5. The monoisotopic (exact) mass is 372 g/mol. The Morgan fingerprint density at radius 3 is 2.79 bits per heavy atom. The van der Waals surface area contributed by atoms with Crippen LogP contribution in [0, 0.1) is 0 Å². The molecule has 3 aromatic rings. The number of aromatic nitrogens is 3. The third kappa shape index (κ3) is 3.24. The number of rotatable bonds is 4. The second-order valence-corrected chi connectivity index (χ2v) is 5.31. The molecule has 0 saturated heterocycles. The van der Waals surface area contributed by atoms with Crippen molar-refractivity contribution in [3.8, 4) is 5.75 Å². The summed E-state index contributed by atoms with van der Waals surface area (Å²) in [6.07, 6.45) is 3.12. The van der Waals surface area contributed by atoms with Crippen LogP contribution in [0.5, 0.6) is 5.75 Å². The maximum atomic E-state index is 12.3. The van der Waals surface area contributed by atoms with E-state index in [1.807, 2.05) is 0 Å². The first-order valence-electron chi connectivity index (χ1n) is 6.50. The molecule has 2 aromatic heterocycles. The Bertz CT molecular complexity index is 917. The third-order valence-corrected chi connectivity index (χ3v) is 3.60. The molecule has 24 heavy (non-hydrogen) atoms. The zero-order valence-electron chi connectivity index (χ0n) is 11.7. The molecule has 0 spiro atoms. The molecule has 1 N–H and O–H groups in total. The Hall–Kier alpha value is -2.45. The third-order valence-electron chi connectivity index (χ3n) is 2.96. The maximum Gasteiger partial charge on any atom is 0.387 e. The molecule has 0 radical (unpaired) electrons. The summed E-state index contributed by atoms with van der Waals surface area (Å²) >= 11 is 11.9. The van der Waals surface area contributed by atoms with Gasteiger partial charge in [0.2, 0.25) is 0 Å². The van der Waals surface area contributed by atoms with Crippen molar-refractivity contribution >= 4 is 40.4 Å². The van der Waals surface area contributed by atoms with Crippen molar-refractivity contribution in [3.63, 3.8) is 0 Å². The van der Waals surface area contributed by atoms with Crippen molar-refractivity contribution in [3.05, 3.63) is 52.4 Å². The number of hydrogen-bond acceptors (Lipinski definition) is 4. The lowest BCUT2D eigenvalue weighted by Crippen LogP contribution is -2.13. The molecule has 0 saturated carbocycles. The minimum atomic E-state index is -2.99. The molecule has 0 fully saturated rings. The van der Waals surface area contributed by atoms with Crippen molar-refractivity contribution in [1.29, 1.82) is 0 Å². The Morgan fingerprint density at radius 1 is 1.33 bits per heavy atom. The summed E-state index contributed by atoms with van der Waals surface area (Å²) in [6, 6.07) is 5.50. The molecular formula is C14H8Cl2F2N4O2. The molecular weight excluding hydrogens is 365 g/mol. The molecule has 0 unspecified atom stereocenters. The fourth-order valence-corrected chi connectivity index (χ4v) is 2.45. The van der Waals surface area contributed by atoms with E-state index in [9.17, 15) is 13.6 Å². The molecule has 3 rings (SSSR count). The highest BCUT2D eigenvalue weighted by Crippen LogP contribution is 2.29. The van der Waals surface area contributed by atoms with Crippen LogP contribution in [0.2, 0.25) is 10.0 Å². The second kappa shape index (κ2) is 6.58. The highest BCUT2D eigenvalue weighted by molar-refractivity contribution is 6.37. The lowest BCUT2D eigenvalue weighted by molar-refractivity contribution is -0.0497. The lowest BCUT2D eigenvalue weighted by atomic mass is 10.3. The van der Waals surface area contributed by atoms with E-state index >= 15 is 0 Å². The Balaban J connectivity index is 1.83. The molecule has 0 aliphatic heterocycles. The van der Waals surface area contributed by atoms with E-state index in [4.69, 9.17) is 23.2 Å². The first kappa shape index (κ1) is 16.4. The second-order valence-electron chi connectivity index (χ2n) is 4.53. The van der Waals surface area contributed by atoms with E-state index in [1.54, 1.807) is 12.3 Å². The van der Waals surface area contributed by atoms with E-state index in [1.165, 1.54) is 28.9 Å². The Morgan fingerprint density at radius 2 is 2.12 bits per heavy atom. The molecule has 2 heterocycles. The van der Waals surface area contributed by atoms with Crippen LogP contribution in [0.4, 0.5) is 14.5 Å². The molecule has 0 aliphatic rings. The van der Waals surface area contributed by atoms with Gasteiger partial charge >= 0.3 is 6.61 Å². The van der Waals surface area contributed by atoms with Gasteiger partial charge in [0, 0.05) is 18.1 Å². The zero-order chi connectivity index (χ0) is 17.3. The number of hydrogen-bond donors (Lipinski definition) is 1. The van der Waals surface area contributed by atoms with Gasteiger partial charge in [0.15, 0.2) is 11.3 Å². The predicted molar refractivity (Wildman–Crippen MR) is 84.0 cm³/mol. The molecule has 10 heteroatoms. The quantitative estimate of drug-likeness (QED) is 0.754. The number of anilines is 1. The van der Waals surface area contributed by atoms with Gasteiger partial charge in [-0.25, -0.2) is 9.50 Å². The van der Waals surface area contributed by atoms with E-state index in [0.717, 1.165) is 0 Å². The van der Waals surface area contributed by atoms with Crippen LogP contribution in [0.15, 0.2) is 36.7 Å². The van der Waals surface area contributed by atoms with Crippen LogP contribution >= 0.6 is 23.2 Å². The number of halogens is 4. The summed E-state index contributed by atoms with van der Waals surface area (Å²) < 4.78 is 30.0. The molecule has 0 atom stereocenters. The maximum absolute atomic E-state index is 12.3. The number of carbonyl (C=O) groups is 1. The molecule has 0 bridgehead atoms. The number of ether oxygens (including phenoxy) is 1. The largest absolute Gasteiger partial charge is 0.433 e.